The van der Waals surface area contributed by atoms with Crippen molar-refractivity contribution in [3.8, 4) is 6.07 Å². The Bertz CT molecular complexity index is 761. The van der Waals surface area contributed by atoms with Crippen LogP contribution in [-0.2, 0) is 22.7 Å². The quantitative estimate of drug-likeness (QED) is 0.815. The number of hydrogen-bond acceptors (Lipinski definition) is 6. The van der Waals surface area contributed by atoms with Crippen LogP contribution in [-0.4, -0.2) is 15.5 Å². The minimum absolute atomic E-state index is 0.0768. The molecule has 0 fully saturated rings. The highest BCUT2D eigenvalue weighted by Gasteiger charge is 2.09. The Balaban J connectivity index is 2.01. The molecule has 7 nitrogen and oxygen atoms in total. The van der Waals surface area contributed by atoms with E-state index in [9.17, 15) is 9.59 Å². The number of pyridine rings is 2. The third-order valence-corrected chi connectivity index (χ3v) is 2.69. The summed E-state index contributed by atoms with van der Waals surface area (Å²) in [7, 11) is 0. The molecule has 0 saturated heterocycles. The Morgan fingerprint density at radius 2 is 2.24 bits per heavy atom. The van der Waals surface area contributed by atoms with E-state index in [-0.39, 0.29) is 24.4 Å². The van der Waals surface area contributed by atoms with Gasteiger partial charge in [0.1, 0.15) is 24.9 Å². The van der Waals surface area contributed by atoms with E-state index >= 15 is 0 Å². The van der Waals surface area contributed by atoms with E-state index in [0.717, 1.165) is 4.57 Å². The molecule has 0 aliphatic carbocycles. The molecule has 0 saturated carbocycles. The van der Waals surface area contributed by atoms with Gasteiger partial charge in [0.25, 0.3) is 5.56 Å². The lowest BCUT2D eigenvalue weighted by Crippen LogP contribution is -2.24. The van der Waals surface area contributed by atoms with Crippen molar-refractivity contribution in [2.24, 2.45) is 0 Å². The fraction of sp³-hybridized carbons (Fsp3) is 0.143. The van der Waals surface area contributed by atoms with Gasteiger partial charge in [-0.25, -0.2) is 4.98 Å². The maximum Gasteiger partial charge on any atom is 0.326 e. The van der Waals surface area contributed by atoms with Gasteiger partial charge in [0.2, 0.25) is 0 Å². The van der Waals surface area contributed by atoms with Gasteiger partial charge in [-0.3, -0.25) is 9.59 Å². The zero-order valence-electron chi connectivity index (χ0n) is 11.0. The van der Waals surface area contributed by atoms with Crippen molar-refractivity contribution in [1.29, 1.82) is 5.26 Å². The van der Waals surface area contributed by atoms with Crippen LogP contribution < -0.4 is 11.3 Å². The molecule has 2 aromatic rings. The van der Waals surface area contributed by atoms with Crippen LogP contribution in [0.15, 0.2) is 41.5 Å². The first-order valence-electron chi connectivity index (χ1n) is 6.05. The van der Waals surface area contributed by atoms with E-state index in [1.165, 1.54) is 24.5 Å². The van der Waals surface area contributed by atoms with Gasteiger partial charge in [0.15, 0.2) is 0 Å². The van der Waals surface area contributed by atoms with Crippen LogP contribution in [0.2, 0.25) is 0 Å². The van der Waals surface area contributed by atoms with E-state index in [0.29, 0.717) is 11.3 Å². The molecule has 2 N–H and O–H groups in total. The maximum atomic E-state index is 11.7. The normalized spacial score (nSPS) is 9.86. The summed E-state index contributed by atoms with van der Waals surface area (Å²) in [5.41, 5.74) is 6.29. The second-order valence-corrected chi connectivity index (χ2v) is 4.21. The fourth-order valence-electron chi connectivity index (χ4n) is 1.67. The average molecular weight is 284 g/mol. The number of aromatic nitrogens is 2. The van der Waals surface area contributed by atoms with Crippen LogP contribution >= 0.6 is 0 Å². The Morgan fingerprint density at radius 1 is 1.43 bits per heavy atom. The molecule has 21 heavy (non-hydrogen) atoms. The van der Waals surface area contributed by atoms with E-state index in [1.54, 1.807) is 12.1 Å². The number of ether oxygens (including phenoxy) is 1. The molecule has 0 unspecified atom stereocenters. The predicted octanol–water partition coefficient (Wildman–Crippen LogP) is 0.441. The molecule has 2 aromatic heterocycles. The molecular formula is C14H12N4O3. The number of carbonyl (C=O) groups is 1. The van der Waals surface area contributed by atoms with Crippen molar-refractivity contribution >= 4 is 11.7 Å². The van der Waals surface area contributed by atoms with Crippen molar-refractivity contribution in [1.82, 2.24) is 9.55 Å². The lowest BCUT2D eigenvalue weighted by atomic mass is 10.2. The molecule has 0 radical (unpaired) electrons. The van der Waals surface area contributed by atoms with Crippen molar-refractivity contribution in [2.45, 2.75) is 13.2 Å². The van der Waals surface area contributed by atoms with Crippen molar-refractivity contribution in [3.63, 3.8) is 0 Å². The van der Waals surface area contributed by atoms with Gasteiger partial charge in [0.05, 0.1) is 0 Å². The van der Waals surface area contributed by atoms with E-state index < -0.39 is 5.97 Å². The van der Waals surface area contributed by atoms with Gasteiger partial charge in [-0.1, -0.05) is 6.07 Å². The van der Waals surface area contributed by atoms with Crippen LogP contribution in [0.3, 0.4) is 0 Å². The van der Waals surface area contributed by atoms with Crippen LogP contribution in [0.25, 0.3) is 0 Å². The zero-order valence-corrected chi connectivity index (χ0v) is 11.0. The molecule has 0 aromatic carbocycles. The lowest BCUT2D eigenvalue weighted by Gasteiger charge is -2.08. The molecule has 0 atom stereocenters. The van der Waals surface area contributed by atoms with Gasteiger partial charge >= 0.3 is 5.97 Å². The van der Waals surface area contributed by atoms with Crippen LogP contribution in [0.5, 0.6) is 0 Å². The molecule has 0 aliphatic rings. The Labute approximate surface area is 120 Å². The first kappa shape index (κ1) is 14.3. The van der Waals surface area contributed by atoms with Gasteiger partial charge in [-0.15, -0.1) is 0 Å². The minimum Gasteiger partial charge on any atom is -0.459 e. The Hall–Kier alpha value is -3.14. The van der Waals surface area contributed by atoms with E-state index in [4.69, 9.17) is 15.7 Å². The summed E-state index contributed by atoms with van der Waals surface area (Å²) in [6, 6.07) is 7.93. The standard InChI is InChI=1S/C14H12N4O3/c15-6-12-10(2-1-5-17-12)9-21-14(20)8-18-7-11(16)3-4-13(18)19/h1-5,7H,8-9,16H2. The number of rotatable bonds is 4. The Morgan fingerprint density at radius 3 is 3.00 bits per heavy atom. The SMILES string of the molecule is N#Cc1ncccc1COC(=O)Cn1cc(N)ccc1=O. The molecule has 0 bridgehead atoms. The number of esters is 1. The highest BCUT2D eigenvalue weighted by Crippen LogP contribution is 2.06. The third-order valence-electron chi connectivity index (χ3n) is 2.69. The minimum atomic E-state index is -0.601. The average Bonchev–Trinajstić information content (AvgIpc) is 2.49. The second-order valence-electron chi connectivity index (χ2n) is 4.21. The zero-order chi connectivity index (χ0) is 15.2. The van der Waals surface area contributed by atoms with Crippen molar-refractivity contribution in [3.05, 3.63) is 58.3 Å². The number of carbonyl (C=O) groups excluding carboxylic acids is 1. The van der Waals surface area contributed by atoms with Crippen LogP contribution in [0.4, 0.5) is 5.69 Å². The number of hydrogen-bond donors (Lipinski definition) is 1. The molecule has 2 rings (SSSR count). The number of nitrogen functional groups attached to an aromatic ring is 1. The number of nitriles is 1. The lowest BCUT2D eigenvalue weighted by molar-refractivity contribution is -0.145. The molecule has 2 heterocycles. The summed E-state index contributed by atoms with van der Waals surface area (Å²) in [6.45, 7) is -0.321. The number of nitrogens with two attached hydrogens (primary N) is 1. The van der Waals surface area contributed by atoms with Gasteiger partial charge in [-0.2, -0.15) is 5.26 Å². The van der Waals surface area contributed by atoms with Crippen LogP contribution in [0, 0.1) is 11.3 Å². The molecular weight excluding hydrogens is 272 g/mol. The van der Waals surface area contributed by atoms with Gasteiger partial charge in [-0.05, 0) is 12.1 Å². The van der Waals surface area contributed by atoms with E-state index in [2.05, 4.69) is 4.98 Å². The summed E-state index contributed by atoms with van der Waals surface area (Å²) in [5, 5.41) is 8.87. The summed E-state index contributed by atoms with van der Waals surface area (Å²) in [5.74, 6) is -0.601. The summed E-state index contributed by atoms with van der Waals surface area (Å²) in [6.07, 6.45) is 2.85. The first-order chi connectivity index (χ1) is 10.1. The molecule has 106 valence electrons. The second kappa shape index (κ2) is 6.34. The maximum absolute atomic E-state index is 11.7. The van der Waals surface area contributed by atoms with Crippen molar-refractivity contribution < 1.29 is 9.53 Å². The third kappa shape index (κ3) is 3.67. The molecule has 7 heteroatoms. The van der Waals surface area contributed by atoms with Crippen LogP contribution in [0.1, 0.15) is 11.3 Å². The van der Waals surface area contributed by atoms with Gasteiger partial charge in [0, 0.05) is 29.7 Å². The highest BCUT2D eigenvalue weighted by molar-refractivity contribution is 5.69. The number of nitrogens with zero attached hydrogens (tertiary/aromatic N) is 3. The van der Waals surface area contributed by atoms with E-state index in [1.807, 2.05) is 6.07 Å². The fourth-order valence-corrected chi connectivity index (χ4v) is 1.67. The largest absolute Gasteiger partial charge is 0.459 e. The van der Waals surface area contributed by atoms with Gasteiger partial charge < -0.3 is 15.0 Å². The molecule has 0 aliphatic heterocycles. The molecule has 0 spiro atoms. The smallest absolute Gasteiger partial charge is 0.326 e. The summed E-state index contributed by atoms with van der Waals surface area (Å²) >= 11 is 0. The predicted molar refractivity (Wildman–Crippen MR) is 73.9 cm³/mol. The topological polar surface area (TPSA) is 111 Å². The highest BCUT2D eigenvalue weighted by atomic mass is 16.5. The Kier molecular flexibility index (Phi) is 4.31. The monoisotopic (exact) mass is 284 g/mol. The molecule has 0 amide bonds. The number of anilines is 1. The summed E-state index contributed by atoms with van der Waals surface area (Å²) in [4.78, 5) is 27.1. The summed E-state index contributed by atoms with van der Waals surface area (Å²) < 4.78 is 6.20. The van der Waals surface area contributed by atoms with Crippen molar-refractivity contribution in [2.75, 3.05) is 5.73 Å². The first-order valence-corrected chi connectivity index (χ1v) is 6.05.